The first-order chi connectivity index (χ1) is 6.55. The van der Waals surface area contributed by atoms with Crippen LogP contribution in [0.4, 0.5) is 8.78 Å². The van der Waals surface area contributed by atoms with Crippen molar-refractivity contribution in [1.29, 1.82) is 0 Å². The van der Waals surface area contributed by atoms with Crippen LogP contribution in [0, 0.1) is 5.92 Å². The van der Waals surface area contributed by atoms with Gasteiger partial charge >= 0.3 is 0 Å². The Labute approximate surface area is 84.1 Å². The van der Waals surface area contributed by atoms with Gasteiger partial charge in [-0.05, 0) is 6.42 Å². The summed E-state index contributed by atoms with van der Waals surface area (Å²) < 4.78 is 24.6. The summed E-state index contributed by atoms with van der Waals surface area (Å²) >= 11 is 0. The van der Waals surface area contributed by atoms with E-state index in [1.165, 1.54) is 0 Å². The zero-order valence-electron chi connectivity index (χ0n) is 9.07. The molecule has 1 fully saturated rings. The largest absolute Gasteiger partial charge is 0.356 e. The van der Waals surface area contributed by atoms with E-state index in [-0.39, 0.29) is 18.7 Å². The van der Waals surface area contributed by atoms with Gasteiger partial charge < -0.3 is 5.32 Å². The first kappa shape index (κ1) is 13.3. The van der Waals surface area contributed by atoms with Gasteiger partial charge in [-0.3, -0.25) is 4.79 Å². The Morgan fingerprint density at radius 2 is 1.93 bits per heavy atom. The van der Waals surface area contributed by atoms with Crippen LogP contribution in [0.5, 0.6) is 0 Å². The highest BCUT2D eigenvalue weighted by Crippen LogP contribution is 2.42. The molecule has 0 aromatic rings. The van der Waals surface area contributed by atoms with E-state index in [0.717, 1.165) is 6.42 Å². The van der Waals surface area contributed by atoms with Crippen molar-refractivity contribution < 1.29 is 13.6 Å². The zero-order valence-corrected chi connectivity index (χ0v) is 9.07. The van der Waals surface area contributed by atoms with Crippen LogP contribution in [0.25, 0.3) is 0 Å². The molecule has 0 aromatic carbocycles. The van der Waals surface area contributed by atoms with E-state index in [4.69, 9.17) is 0 Å². The Morgan fingerprint density at radius 1 is 1.43 bits per heavy atom. The fourth-order valence-electron chi connectivity index (χ4n) is 1.24. The third-order valence-electron chi connectivity index (χ3n) is 2.01. The van der Waals surface area contributed by atoms with E-state index in [9.17, 15) is 13.6 Å². The molecular weight excluding hydrogens is 188 g/mol. The van der Waals surface area contributed by atoms with Gasteiger partial charge in [-0.2, -0.15) is 0 Å². The van der Waals surface area contributed by atoms with Gasteiger partial charge in [-0.15, -0.1) is 0 Å². The van der Waals surface area contributed by atoms with Gasteiger partial charge in [0.05, 0.1) is 0 Å². The smallest absolute Gasteiger partial charge is 0.249 e. The normalized spacial score (nSPS) is 18.9. The van der Waals surface area contributed by atoms with Crippen molar-refractivity contribution in [2.24, 2.45) is 5.92 Å². The van der Waals surface area contributed by atoms with Crippen LogP contribution in [-0.2, 0) is 4.79 Å². The van der Waals surface area contributed by atoms with Gasteiger partial charge in [0.15, 0.2) is 0 Å². The molecule has 84 valence electrons. The number of rotatable bonds is 3. The lowest BCUT2D eigenvalue weighted by atomic mass is 9.81. The molecule has 2 nitrogen and oxygen atoms in total. The van der Waals surface area contributed by atoms with Crippen molar-refractivity contribution in [1.82, 2.24) is 5.32 Å². The van der Waals surface area contributed by atoms with Crippen LogP contribution in [0.3, 0.4) is 0 Å². The fourth-order valence-corrected chi connectivity index (χ4v) is 1.24. The van der Waals surface area contributed by atoms with E-state index in [2.05, 4.69) is 5.32 Å². The molecule has 0 bridgehead atoms. The minimum Gasteiger partial charge on any atom is -0.356 e. The third kappa shape index (κ3) is 4.03. The number of hydrogen-bond acceptors (Lipinski definition) is 1. The predicted molar refractivity (Wildman–Crippen MR) is 52.3 cm³/mol. The Balaban J connectivity index is 0.000000791. The predicted octanol–water partition coefficient (Wildman–Crippen LogP) is 2.58. The zero-order chi connectivity index (χ0) is 11.2. The van der Waals surface area contributed by atoms with E-state index in [1.807, 2.05) is 20.8 Å². The highest BCUT2D eigenvalue weighted by atomic mass is 19.3. The molecule has 14 heavy (non-hydrogen) atoms. The molecule has 0 spiro atoms. The number of carbonyl (C=O) groups is 1. The molecule has 0 saturated heterocycles. The number of nitrogens with one attached hydrogen (secondary N) is 1. The van der Waals surface area contributed by atoms with Crippen molar-refractivity contribution in [3.05, 3.63) is 0 Å². The van der Waals surface area contributed by atoms with Crippen LogP contribution in [0.15, 0.2) is 0 Å². The summed E-state index contributed by atoms with van der Waals surface area (Å²) in [5.41, 5.74) is 0. The van der Waals surface area contributed by atoms with E-state index < -0.39 is 11.8 Å². The maximum atomic E-state index is 12.3. The second kappa shape index (κ2) is 5.94. The minimum atomic E-state index is -2.59. The lowest BCUT2D eigenvalue weighted by molar-refractivity contribution is -0.150. The van der Waals surface area contributed by atoms with Gasteiger partial charge in [0, 0.05) is 25.3 Å². The Hall–Kier alpha value is -0.670. The van der Waals surface area contributed by atoms with Gasteiger partial charge in [-0.25, -0.2) is 8.78 Å². The molecular formula is C10H19F2NO. The number of carbonyl (C=O) groups excluding carboxylic acids is 1. The average Bonchev–Trinajstić information content (AvgIpc) is 2.13. The summed E-state index contributed by atoms with van der Waals surface area (Å²) in [5.74, 6) is -3.26. The van der Waals surface area contributed by atoms with Crippen molar-refractivity contribution in [3.63, 3.8) is 0 Å². The lowest BCUT2D eigenvalue weighted by Crippen LogP contribution is -2.45. The second-order valence-electron chi connectivity index (χ2n) is 3.25. The summed E-state index contributed by atoms with van der Waals surface area (Å²) in [6.07, 6.45) is 0.292. The number of hydrogen-bond donors (Lipinski definition) is 1. The molecule has 0 unspecified atom stereocenters. The van der Waals surface area contributed by atoms with Crippen LogP contribution in [0.1, 0.15) is 40.0 Å². The Morgan fingerprint density at radius 3 is 2.29 bits per heavy atom. The topological polar surface area (TPSA) is 29.1 Å². The molecule has 1 rings (SSSR count). The molecule has 1 amide bonds. The molecule has 1 saturated carbocycles. The van der Waals surface area contributed by atoms with Crippen LogP contribution >= 0.6 is 0 Å². The molecule has 0 aliphatic heterocycles. The lowest BCUT2D eigenvalue weighted by Gasteiger charge is -2.33. The quantitative estimate of drug-likeness (QED) is 0.757. The van der Waals surface area contributed by atoms with Crippen LogP contribution < -0.4 is 5.32 Å². The van der Waals surface area contributed by atoms with Crippen molar-refractivity contribution in [2.45, 2.75) is 46.0 Å². The van der Waals surface area contributed by atoms with Gasteiger partial charge in [0.1, 0.15) is 0 Å². The van der Waals surface area contributed by atoms with Gasteiger partial charge in [0.2, 0.25) is 11.8 Å². The van der Waals surface area contributed by atoms with Gasteiger partial charge in [0.25, 0.3) is 0 Å². The van der Waals surface area contributed by atoms with Crippen LogP contribution in [0.2, 0.25) is 0 Å². The molecule has 0 radical (unpaired) electrons. The maximum Gasteiger partial charge on any atom is 0.249 e. The maximum absolute atomic E-state index is 12.3. The molecule has 1 N–H and O–H groups in total. The van der Waals surface area contributed by atoms with Gasteiger partial charge in [-0.1, -0.05) is 20.8 Å². The molecule has 1 aliphatic carbocycles. The Bertz CT molecular complexity index is 175. The summed E-state index contributed by atoms with van der Waals surface area (Å²) in [4.78, 5) is 11.0. The monoisotopic (exact) mass is 207 g/mol. The summed E-state index contributed by atoms with van der Waals surface area (Å²) in [6, 6.07) is 0. The first-order valence-electron chi connectivity index (χ1n) is 5.21. The molecule has 0 heterocycles. The first-order valence-corrected chi connectivity index (χ1v) is 5.21. The Kier molecular flexibility index (Phi) is 5.65. The van der Waals surface area contributed by atoms with Crippen LogP contribution in [-0.4, -0.2) is 18.4 Å². The summed E-state index contributed by atoms with van der Waals surface area (Å²) in [5, 5.41) is 2.60. The SMILES string of the molecule is CC.CCCNC(=O)C1CC(F)(F)C1. The number of alkyl halides is 2. The standard InChI is InChI=1S/C8H13F2NO.C2H6/c1-2-3-11-7(12)6-4-8(9,10)5-6;1-2/h6H,2-5H2,1H3,(H,11,12);1-2H3. The molecule has 0 aromatic heterocycles. The van der Waals surface area contributed by atoms with E-state index in [0.29, 0.717) is 6.54 Å². The number of amides is 1. The average molecular weight is 207 g/mol. The summed E-state index contributed by atoms with van der Waals surface area (Å²) in [6.45, 7) is 6.51. The van der Waals surface area contributed by atoms with E-state index >= 15 is 0 Å². The molecule has 0 atom stereocenters. The third-order valence-corrected chi connectivity index (χ3v) is 2.01. The molecule has 4 heteroatoms. The fraction of sp³-hybridized carbons (Fsp3) is 0.900. The second-order valence-corrected chi connectivity index (χ2v) is 3.25. The summed E-state index contributed by atoms with van der Waals surface area (Å²) in [7, 11) is 0. The van der Waals surface area contributed by atoms with Crippen molar-refractivity contribution >= 4 is 5.91 Å². The minimum absolute atomic E-state index is 0.220. The van der Waals surface area contributed by atoms with Crippen molar-refractivity contribution in [2.75, 3.05) is 6.54 Å². The van der Waals surface area contributed by atoms with Crippen molar-refractivity contribution in [3.8, 4) is 0 Å². The highest BCUT2D eigenvalue weighted by molar-refractivity contribution is 5.79. The number of halogens is 2. The molecule has 1 aliphatic rings. The van der Waals surface area contributed by atoms with E-state index in [1.54, 1.807) is 0 Å². The highest BCUT2D eigenvalue weighted by Gasteiger charge is 2.48.